The molecule has 6 heteroatoms. The average molecular weight is 527 g/mol. The normalized spacial score (nSPS) is 12.6. The molecule has 0 radical (unpaired) electrons. The van der Waals surface area contributed by atoms with Gasteiger partial charge in [0.2, 0.25) is 0 Å². The molecule has 114 valence electrons. The number of aromatic nitrogens is 2. The Bertz CT molecular complexity index is 613. The molecule has 2 aromatic rings. The standard InChI is InChI=1S/C15H18Br2IN3/c1-3-7-21-15(13(17)9-20-21)14(19-4-2)11-8-10(18)5-6-12(11)16/h5-6,8-9,14,19H,3-4,7H2,1-2H3. The van der Waals surface area contributed by atoms with Gasteiger partial charge in [0.05, 0.1) is 22.4 Å². The Kier molecular flexibility index (Phi) is 6.71. The molecule has 1 heterocycles. The van der Waals surface area contributed by atoms with Crippen LogP contribution < -0.4 is 5.32 Å². The highest BCUT2D eigenvalue weighted by atomic mass is 127. The predicted octanol–water partition coefficient (Wildman–Crippen LogP) is 5.12. The Labute approximate surface area is 156 Å². The van der Waals surface area contributed by atoms with Crippen LogP contribution in [-0.2, 0) is 6.54 Å². The minimum Gasteiger partial charge on any atom is -0.305 e. The molecule has 0 aliphatic rings. The van der Waals surface area contributed by atoms with Crippen LogP contribution in [-0.4, -0.2) is 16.3 Å². The van der Waals surface area contributed by atoms with Gasteiger partial charge in [-0.3, -0.25) is 4.68 Å². The van der Waals surface area contributed by atoms with Gasteiger partial charge >= 0.3 is 0 Å². The number of nitrogens with one attached hydrogen (secondary N) is 1. The molecule has 1 aromatic carbocycles. The van der Waals surface area contributed by atoms with Crippen LogP contribution in [0, 0.1) is 3.57 Å². The number of benzene rings is 1. The van der Waals surface area contributed by atoms with E-state index in [9.17, 15) is 0 Å². The van der Waals surface area contributed by atoms with Crippen LogP contribution in [0.15, 0.2) is 33.3 Å². The number of hydrogen-bond acceptors (Lipinski definition) is 2. The topological polar surface area (TPSA) is 29.9 Å². The molecular weight excluding hydrogens is 509 g/mol. The highest BCUT2D eigenvalue weighted by Crippen LogP contribution is 2.33. The van der Waals surface area contributed by atoms with Crippen LogP contribution in [0.2, 0.25) is 0 Å². The van der Waals surface area contributed by atoms with Crippen molar-refractivity contribution in [3.8, 4) is 0 Å². The first-order valence-electron chi connectivity index (χ1n) is 6.98. The fourth-order valence-corrected chi connectivity index (χ4v) is 3.86. The van der Waals surface area contributed by atoms with E-state index in [2.05, 4.69) is 102 Å². The second kappa shape index (κ2) is 8.08. The summed E-state index contributed by atoms with van der Waals surface area (Å²) in [5.41, 5.74) is 2.42. The smallest absolute Gasteiger partial charge is 0.0771 e. The first-order valence-corrected chi connectivity index (χ1v) is 9.64. The minimum atomic E-state index is 0.113. The molecule has 1 atom stereocenters. The van der Waals surface area contributed by atoms with Gasteiger partial charge in [-0.15, -0.1) is 0 Å². The molecule has 0 spiro atoms. The maximum atomic E-state index is 4.50. The van der Waals surface area contributed by atoms with Crippen molar-refractivity contribution in [3.05, 3.63) is 48.2 Å². The molecule has 1 aromatic heterocycles. The Morgan fingerprint density at radius 2 is 2.05 bits per heavy atom. The van der Waals surface area contributed by atoms with Gasteiger partial charge in [-0.05, 0) is 75.2 Å². The summed E-state index contributed by atoms with van der Waals surface area (Å²) < 4.78 is 5.48. The molecule has 0 aliphatic carbocycles. The van der Waals surface area contributed by atoms with Crippen LogP contribution >= 0.6 is 54.5 Å². The largest absolute Gasteiger partial charge is 0.305 e. The predicted molar refractivity (Wildman–Crippen MR) is 103 cm³/mol. The Morgan fingerprint density at radius 1 is 1.29 bits per heavy atom. The van der Waals surface area contributed by atoms with Crippen molar-refractivity contribution in [3.63, 3.8) is 0 Å². The zero-order chi connectivity index (χ0) is 15.4. The van der Waals surface area contributed by atoms with E-state index in [1.807, 2.05) is 6.20 Å². The van der Waals surface area contributed by atoms with E-state index in [4.69, 9.17) is 0 Å². The van der Waals surface area contributed by atoms with E-state index in [0.717, 1.165) is 28.5 Å². The number of hydrogen-bond donors (Lipinski definition) is 1. The summed E-state index contributed by atoms with van der Waals surface area (Å²) in [5, 5.41) is 8.08. The summed E-state index contributed by atoms with van der Waals surface area (Å²) in [4.78, 5) is 0. The third-order valence-corrected chi connectivity index (χ3v) is 5.22. The van der Waals surface area contributed by atoms with Crippen molar-refractivity contribution in [2.45, 2.75) is 32.9 Å². The highest BCUT2D eigenvalue weighted by molar-refractivity contribution is 14.1. The third-order valence-electron chi connectivity index (χ3n) is 3.22. The van der Waals surface area contributed by atoms with E-state index in [1.165, 1.54) is 14.8 Å². The van der Waals surface area contributed by atoms with Gasteiger partial charge in [-0.2, -0.15) is 5.10 Å². The van der Waals surface area contributed by atoms with Crippen LogP contribution in [0.25, 0.3) is 0 Å². The van der Waals surface area contributed by atoms with Crippen molar-refractivity contribution in [1.82, 2.24) is 15.1 Å². The third kappa shape index (κ3) is 4.09. The van der Waals surface area contributed by atoms with E-state index < -0.39 is 0 Å². The van der Waals surface area contributed by atoms with E-state index in [0.29, 0.717) is 0 Å². The van der Waals surface area contributed by atoms with Crippen molar-refractivity contribution in [2.24, 2.45) is 0 Å². The molecule has 3 nitrogen and oxygen atoms in total. The molecule has 0 saturated heterocycles. The maximum Gasteiger partial charge on any atom is 0.0771 e. The number of nitrogens with zero attached hydrogens (tertiary/aromatic N) is 2. The van der Waals surface area contributed by atoms with Gasteiger partial charge in [0.15, 0.2) is 0 Å². The van der Waals surface area contributed by atoms with Gasteiger partial charge in [-0.25, -0.2) is 0 Å². The maximum absolute atomic E-state index is 4.50. The Balaban J connectivity index is 2.53. The second-order valence-electron chi connectivity index (χ2n) is 4.76. The average Bonchev–Trinajstić information content (AvgIpc) is 2.81. The first-order chi connectivity index (χ1) is 10.1. The van der Waals surface area contributed by atoms with Crippen LogP contribution in [0.3, 0.4) is 0 Å². The lowest BCUT2D eigenvalue weighted by atomic mass is 10.0. The number of aryl methyl sites for hydroxylation is 1. The summed E-state index contributed by atoms with van der Waals surface area (Å²) >= 11 is 9.70. The fraction of sp³-hybridized carbons (Fsp3) is 0.400. The van der Waals surface area contributed by atoms with Crippen molar-refractivity contribution >= 4 is 54.5 Å². The van der Waals surface area contributed by atoms with Crippen molar-refractivity contribution in [1.29, 1.82) is 0 Å². The molecule has 0 amide bonds. The van der Waals surface area contributed by atoms with Gasteiger partial charge in [0, 0.05) is 14.6 Å². The van der Waals surface area contributed by atoms with E-state index >= 15 is 0 Å². The van der Waals surface area contributed by atoms with Crippen molar-refractivity contribution in [2.75, 3.05) is 6.54 Å². The lowest BCUT2D eigenvalue weighted by molar-refractivity contribution is 0.518. The second-order valence-corrected chi connectivity index (χ2v) is 7.71. The first kappa shape index (κ1) is 17.4. The van der Waals surface area contributed by atoms with Gasteiger partial charge in [0.1, 0.15) is 0 Å². The molecule has 0 fully saturated rings. The molecule has 0 saturated carbocycles. The lowest BCUT2D eigenvalue weighted by Crippen LogP contribution is -2.25. The molecule has 21 heavy (non-hydrogen) atoms. The van der Waals surface area contributed by atoms with Crippen LogP contribution in [0.5, 0.6) is 0 Å². The highest BCUT2D eigenvalue weighted by Gasteiger charge is 2.23. The summed E-state index contributed by atoms with van der Waals surface area (Å²) in [7, 11) is 0. The molecule has 1 N–H and O–H groups in total. The number of halogens is 3. The van der Waals surface area contributed by atoms with Gasteiger partial charge < -0.3 is 5.32 Å². The minimum absolute atomic E-state index is 0.113. The monoisotopic (exact) mass is 525 g/mol. The zero-order valence-corrected chi connectivity index (χ0v) is 17.4. The van der Waals surface area contributed by atoms with Gasteiger partial charge in [-0.1, -0.05) is 29.8 Å². The quantitative estimate of drug-likeness (QED) is 0.529. The Hall–Kier alpha value is 0.0800. The zero-order valence-electron chi connectivity index (χ0n) is 12.0. The number of rotatable bonds is 6. The molecule has 2 rings (SSSR count). The fourth-order valence-electron chi connectivity index (χ4n) is 2.34. The Morgan fingerprint density at radius 3 is 2.71 bits per heavy atom. The van der Waals surface area contributed by atoms with Crippen LogP contribution in [0.4, 0.5) is 0 Å². The summed E-state index contributed by atoms with van der Waals surface area (Å²) in [6, 6.07) is 6.54. The lowest BCUT2D eigenvalue weighted by Gasteiger charge is -2.22. The SMILES string of the molecule is CCCn1ncc(Br)c1C(NCC)c1cc(I)ccc1Br. The van der Waals surface area contributed by atoms with Gasteiger partial charge in [0.25, 0.3) is 0 Å². The van der Waals surface area contributed by atoms with E-state index in [-0.39, 0.29) is 6.04 Å². The molecule has 0 aliphatic heterocycles. The van der Waals surface area contributed by atoms with E-state index in [1.54, 1.807) is 0 Å². The summed E-state index contributed by atoms with van der Waals surface area (Å²) in [6.07, 6.45) is 2.95. The van der Waals surface area contributed by atoms with Crippen LogP contribution in [0.1, 0.15) is 37.6 Å². The summed E-state index contributed by atoms with van der Waals surface area (Å²) in [5.74, 6) is 0. The molecule has 1 unspecified atom stereocenters. The molecular formula is C15H18Br2IN3. The summed E-state index contributed by atoms with van der Waals surface area (Å²) in [6.45, 7) is 6.11. The molecule has 0 bridgehead atoms. The van der Waals surface area contributed by atoms with Crippen molar-refractivity contribution < 1.29 is 0 Å².